The third-order valence-corrected chi connectivity index (χ3v) is 4.83. The van der Waals surface area contributed by atoms with Gasteiger partial charge in [-0.15, -0.1) is 13.2 Å². The number of carboxylic acids is 1. The number of carbonyl (C=O) groups excluding carboxylic acids is 1. The van der Waals surface area contributed by atoms with Gasteiger partial charge in [-0.2, -0.15) is 0 Å². The molecule has 29 heavy (non-hydrogen) atoms. The first-order valence-corrected chi connectivity index (χ1v) is 10.4. The molecule has 13 heteroatoms. The zero-order valence-corrected chi connectivity index (χ0v) is 21.9. The maximum absolute atomic E-state index is 12.7. The molecule has 0 spiro atoms. The van der Waals surface area contributed by atoms with E-state index in [4.69, 9.17) is 16.3 Å². The SMILES string of the molecule is O=C(C#CSP)N(c1ccc(OC(F)(F)F)c(Cl)c1)C1(C(=O)O)CCOCC1.[Tl]. The minimum Gasteiger partial charge on any atom is -0.479 e. The molecule has 0 aromatic heterocycles. The molecule has 1 amide bonds. The van der Waals surface area contributed by atoms with Crippen molar-refractivity contribution < 1.29 is 37.3 Å². The number of rotatable bonds is 4. The molecule has 1 unspecified atom stereocenters. The fourth-order valence-electron chi connectivity index (χ4n) is 2.77. The molecule has 1 radical (unpaired) electrons. The zero-order chi connectivity index (χ0) is 20.9. The van der Waals surface area contributed by atoms with Crippen molar-refractivity contribution in [3.63, 3.8) is 0 Å². The van der Waals surface area contributed by atoms with Crippen LogP contribution in [0.4, 0.5) is 18.9 Å². The van der Waals surface area contributed by atoms with Crippen LogP contribution in [0.2, 0.25) is 5.02 Å². The minimum absolute atomic E-state index is 0. The number of ether oxygens (including phenoxy) is 2. The van der Waals surface area contributed by atoms with Gasteiger partial charge in [0.1, 0.15) is 5.75 Å². The summed E-state index contributed by atoms with van der Waals surface area (Å²) in [5, 5.41) is 11.9. The maximum atomic E-state index is 12.7. The van der Waals surface area contributed by atoms with Gasteiger partial charge in [0.05, 0.1) is 5.02 Å². The quantitative estimate of drug-likeness (QED) is 0.304. The van der Waals surface area contributed by atoms with Crippen molar-refractivity contribution in [3.8, 4) is 16.9 Å². The van der Waals surface area contributed by atoms with Crippen molar-refractivity contribution in [1.82, 2.24) is 0 Å². The van der Waals surface area contributed by atoms with Gasteiger partial charge in [-0.05, 0) is 23.5 Å². The predicted molar refractivity (Wildman–Crippen MR) is 107 cm³/mol. The second-order valence-corrected chi connectivity index (χ2v) is 7.15. The van der Waals surface area contributed by atoms with E-state index in [9.17, 15) is 27.9 Å². The molecule has 1 aliphatic heterocycles. The molecule has 2 rings (SSSR count). The Morgan fingerprint density at radius 3 is 2.45 bits per heavy atom. The van der Waals surface area contributed by atoms with Gasteiger partial charge >= 0.3 is 18.2 Å². The monoisotopic (exact) mass is 660 g/mol. The molecule has 0 aliphatic carbocycles. The van der Waals surface area contributed by atoms with Crippen LogP contribution in [-0.4, -0.2) is 69.4 Å². The van der Waals surface area contributed by atoms with Crippen LogP contribution >= 0.6 is 31.4 Å². The summed E-state index contributed by atoms with van der Waals surface area (Å²) in [5.41, 5.74) is -1.69. The van der Waals surface area contributed by atoms with E-state index >= 15 is 0 Å². The molecule has 1 aliphatic rings. The van der Waals surface area contributed by atoms with Crippen LogP contribution in [0, 0.1) is 11.2 Å². The van der Waals surface area contributed by atoms with E-state index in [2.05, 4.69) is 24.4 Å². The van der Waals surface area contributed by atoms with Crippen LogP contribution in [0.1, 0.15) is 12.8 Å². The summed E-state index contributed by atoms with van der Waals surface area (Å²) in [5.74, 6) is -0.487. The molecule has 0 saturated carbocycles. The van der Waals surface area contributed by atoms with Gasteiger partial charge in [0.2, 0.25) is 0 Å². The summed E-state index contributed by atoms with van der Waals surface area (Å²) < 4.78 is 46.3. The zero-order valence-electron chi connectivity index (χ0n) is 14.7. The maximum Gasteiger partial charge on any atom is 0.573 e. The third-order valence-electron chi connectivity index (χ3n) is 3.97. The van der Waals surface area contributed by atoms with Crippen molar-refractivity contribution in [2.75, 3.05) is 18.1 Å². The van der Waals surface area contributed by atoms with E-state index < -0.39 is 34.5 Å². The van der Waals surface area contributed by atoms with Gasteiger partial charge in [0.25, 0.3) is 0 Å². The molecule has 1 saturated heterocycles. The first-order chi connectivity index (χ1) is 13.1. The first-order valence-electron chi connectivity index (χ1n) is 7.68. The number of nitrogens with zero attached hydrogens (tertiary/aromatic N) is 1. The second kappa shape index (κ2) is 11.0. The summed E-state index contributed by atoms with van der Waals surface area (Å²) in [7, 11) is 2.22. The largest absolute Gasteiger partial charge is 0.573 e. The van der Waals surface area contributed by atoms with Gasteiger partial charge in [-0.1, -0.05) is 31.4 Å². The van der Waals surface area contributed by atoms with Gasteiger partial charge in [-0.25, -0.2) is 4.79 Å². The summed E-state index contributed by atoms with van der Waals surface area (Å²) in [6.07, 6.45) is -5.00. The number of amides is 1. The fourth-order valence-corrected chi connectivity index (χ4v) is 3.30. The van der Waals surface area contributed by atoms with E-state index in [-0.39, 0.29) is 59.0 Å². The van der Waals surface area contributed by atoms with Crippen molar-refractivity contribution in [2.24, 2.45) is 0 Å². The number of aliphatic carboxylic acids is 1. The molecule has 1 aromatic carbocycles. The first kappa shape index (κ1) is 26.3. The average molecular weight is 660 g/mol. The number of hydrogen-bond donors (Lipinski definition) is 1. The number of alkyl halides is 3. The Hall–Kier alpha value is -0.738. The standard InChI is InChI=1S/C16H14ClF3NO5PS.Tl/c17-11-9-10(1-2-12(11)26-16(18,19)20)21(13(22)3-8-28-27)15(14(23)24)4-6-25-7-5-15;/h1-2,9H,4-7,27H2,(H,23,24);. The molecular weight excluding hydrogens is 646 g/mol. The van der Waals surface area contributed by atoms with Crippen molar-refractivity contribution in [1.29, 1.82) is 0 Å². The van der Waals surface area contributed by atoms with Crippen molar-refractivity contribution >= 4 is 76.3 Å². The number of carbonyl (C=O) groups is 2. The van der Waals surface area contributed by atoms with Crippen LogP contribution in [0.3, 0.4) is 0 Å². The molecule has 0 bridgehead atoms. The van der Waals surface area contributed by atoms with E-state index in [1.54, 1.807) is 0 Å². The van der Waals surface area contributed by atoms with Gasteiger partial charge in [-0.3, -0.25) is 9.69 Å². The van der Waals surface area contributed by atoms with Crippen LogP contribution < -0.4 is 9.64 Å². The normalized spacial score (nSPS) is 15.3. The Morgan fingerprint density at radius 2 is 1.97 bits per heavy atom. The Balaban J connectivity index is 0.00000420. The average Bonchev–Trinajstić information content (AvgIpc) is 2.62. The Kier molecular flexibility index (Phi) is 10.0. The number of benzene rings is 1. The summed E-state index contributed by atoms with van der Waals surface area (Å²) >= 11 is 6.85. The van der Waals surface area contributed by atoms with Crippen LogP contribution in [-0.2, 0) is 14.3 Å². The third kappa shape index (κ3) is 6.62. The predicted octanol–water partition coefficient (Wildman–Crippen LogP) is 3.31. The molecule has 155 valence electrons. The van der Waals surface area contributed by atoms with Crippen LogP contribution in [0.15, 0.2) is 18.2 Å². The van der Waals surface area contributed by atoms with Crippen molar-refractivity contribution in [2.45, 2.75) is 24.7 Å². The van der Waals surface area contributed by atoms with E-state index in [0.717, 1.165) is 34.5 Å². The molecule has 1 N–H and O–H groups in total. The van der Waals surface area contributed by atoms with Crippen LogP contribution in [0.25, 0.3) is 0 Å². The number of halogens is 4. The van der Waals surface area contributed by atoms with Crippen LogP contribution in [0.5, 0.6) is 5.75 Å². The molecule has 1 aromatic rings. The second-order valence-electron chi connectivity index (χ2n) is 5.60. The summed E-state index contributed by atoms with van der Waals surface area (Å²) in [6, 6.07) is 3.08. The fraction of sp³-hybridized carbons (Fsp3) is 0.375. The Labute approximate surface area is 195 Å². The summed E-state index contributed by atoms with van der Waals surface area (Å²) in [6.45, 7) is 0.176. The number of carboxylic acid groups (broad SMARTS) is 1. The van der Waals surface area contributed by atoms with Gasteiger partial charge in [0.15, 0.2) is 5.54 Å². The molecule has 1 fully saturated rings. The van der Waals surface area contributed by atoms with Gasteiger partial charge in [0, 0.05) is 65.0 Å². The number of hydrogen-bond acceptors (Lipinski definition) is 5. The minimum atomic E-state index is -4.95. The topological polar surface area (TPSA) is 76.1 Å². The number of anilines is 1. The molecule has 1 atom stereocenters. The molecule has 1 heterocycles. The Morgan fingerprint density at radius 1 is 1.34 bits per heavy atom. The van der Waals surface area contributed by atoms with E-state index in [1.165, 1.54) is 0 Å². The van der Waals surface area contributed by atoms with E-state index in [1.807, 2.05) is 0 Å². The smallest absolute Gasteiger partial charge is 0.479 e. The molecule has 6 nitrogen and oxygen atoms in total. The Bertz CT molecular complexity index is 827. The molecular formula is C16H14ClF3NO5PSTl. The van der Waals surface area contributed by atoms with Gasteiger partial charge < -0.3 is 14.6 Å². The summed E-state index contributed by atoms with van der Waals surface area (Å²) in [4.78, 5) is 25.7. The van der Waals surface area contributed by atoms with E-state index in [0.29, 0.717) is 0 Å². The van der Waals surface area contributed by atoms with Crippen molar-refractivity contribution in [3.05, 3.63) is 23.2 Å².